The molecule has 0 aliphatic heterocycles. The highest BCUT2D eigenvalue weighted by Crippen LogP contribution is 2.08. The first-order valence-corrected chi connectivity index (χ1v) is 4.07. The second-order valence-electron chi connectivity index (χ2n) is 2.65. The van der Waals surface area contributed by atoms with Gasteiger partial charge >= 0.3 is 5.97 Å². The monoisotopic (exact) mass is 206 g/mol. The van der Waals surface area contributed by atoms with Gasteiger partial charge < -0.3 is 9.63 Å². The summed E-state index contributed by atoms with van der Waals surface area (Å²) in [5.74, 6) is -0.506. The van der Waals surface area contributed by atoms with Crippen molar-refractivity contribution in [2.45, 2.75) is 6.42 Å². The Morgan fingerprint density at radius 2 is 2.07 bits per heavy atom. The third-order valence-corrected chi connectivity index (χ3v) is 1.54. The van der Waals surface area contributed by atoms with Gasteiger partial charge in [0, 0.05) is 12.4 Å². The third kappa shape index (κ3) is 2.13. The normalized spacial score (nSPS) is 10.1. The minimum absolute atomic E-state index is 0.0324. The number of carboxylic acids is 1. The lowest BCUT2D eigenvalue weighted by molar-refractivity contribution is -0.136. The first-order chi connectivity index (χ1) is 7.25. The molecule has 0 spiro atoms. The number of hydrogen-bond acceptors (Lipinski definition) is 6. The topological polar surface area (TPSA) is 102 Å². The summed E-state index contributed by atoms with van der Waals surface area (Å²) in [6, 6.07) is 1.65. The Hall–Kier alpha value is -2.31. The average molecular weight is 206 g/mol. The highest BCUT2D eigenvalue weighted by Gasteiger charge is 2.12. The second kappa shape index (κ2) is 3.82. The molecule has 2 rings (SSSR count). The van der Waals surface area contributed by atoms with E-state index < -0.39 is 5.97 Å². The molecule has 0 aliphatic carbocycles. The molecule has 76 valence electrons. The van der Waals surface area contributed by atoms with Crippen molar-refractivity contribution in [1.29, 1.82) is 0 Å². The molecule has 2 aromatic heterocycles. The van der Waals surface area contributed by atoms with Crippen LogP contribution >= 0.6 is 0 Å². The van der Waals surface area contributed by atoms with Gasteiger partial charge in [-0.05, 0) is 6.07 Å². The van der Waals surface area contributed by atoms with Crippen LogP contribution in [-0.2, 0) is 11.2 Å². The Bertz CT molecular complexity index is 468. The van der Waals surface area contributed by atoms with Crippen molar-refractivity contribution in [3.05, 3.63) is 24.4 Å². The molecule has 0 radical (unpaired) electrons. The molecule has 0 aliphatic rings. The summed E-state index contributed by atoms with van der Waals surface area (Å²) in [6.07, 6.45) is 2.77. The largest absolute Gasteiger partial charge is 0.481 e. The van der Waals surface area contributed by atoms with Crippen molar-refractivity contribution in [3.8, 4) is 11.6 Å². The lowest BCUT2D eigenvalue weighted by Crippen LogP contribution is -2.00. The number of hydrogen-bond donors (Lipinski definition) is 1. The van der Waals surface area contributed by atoms with Crippen molar-refractivity contribution < 1.29 is 14.4 Å². The Labute approximate surface area is 83.8 Å². The third-order valence-electron chi connectivity index (χ3n) is 1.54. The quantitative estimate of drug-likeness (QED) is 0.762. The van der Waals surface area contributed by atoms with E-state index in [2.05, 4.69) is 20.1 Å². The molecule has 7 nitrogen and oxygen atoms in total. The molecule has 0 saturated carbocycles. The van der Waals surface area contributed by atoms with Gasteiger partial charge in [0.15, 0.2) is 0 Å². The first-order valence-electron chi connectivity index (χ1n) is 4.07. The summed E-state index contributed by atoms with van der Waals surface area (Å²) < 4.78 is 4.71. The molecule has 1 N–H and O–H groups in total. The molecule has 2 aromatic rings. The maximum atomic E-state index is 10.4. The van der Waals surface area contributed by atoms with Gasteiger partial charge in [-0.2, -0.15) is 4.98 Å². The van der Waals surface area contributed by atoms with E-state index >= 15 is 0 Å². The number of carbonyl (C=O) groups is 1. The standard InChI is InChI=1S/C8H6N4O3/c13-6(14)4-5-11-8(12-15-5)7-9-2-1-3-10-7/h1-3H,4H2,(H,13,14). The zero-order chi connectivity index (χ0) is 10.7. The molecular formula is C8H6N4O3. The molecule has 7 heteroatoms. The zero-order valence-electron chi connectivity index (χ0n) is 7.49. The van der Waals surface area contributed by atoms with E-state index in [1.165, 1.54) is 12.4 Å². The smallest absolute Gasteiger partial charge is 0.312 e. The summed E-state index contributed by atoms with van der Waals surface area (Å²) in [4.78, 5) is 22.0. The fraction of sp³-hybridized carbons (Fsp3) is 0.125. The van der Waals surface area contributed by atoms with Gasteiger partial charge in [-0.25, -0.2) is 9.97 Å². The molecule has 0 aromatic carbocycles. The summed E-state index contributed by atoms with van der Waals surface area (Å²) in [6.45, 7) is 0. The lowest BCUT2D eigenvalue weighted by atomic mass is 10.4. The van der Waals surface area contributed by atoms with Crippen molar-refractivity contribution in [2.75, 3.05) is 0 Å². The summed E-state index contributed by atoms with van der Waals surface area (Å²) in [5.41, 5.74) is 0. The van der Waals surface area contributed by atoms with Gasteiger partial charge in [-0.1, -0.05) is 5.16 Å². The molecule has 0 atom stereocenters. The maximum absolute atomic E-state index is 10.4. The van der Waals surface area contributed by atoms with Crippen molar-refractivity contribution in [3.63, 3.8) is 0 Å². The maximum Gasteiger partial charge on any atom is 0.312 e. The van der Waals surface area contributed by atoms with Crippen LogP contribution in [0, 0.1) is 0 Å². The first kappa shape index (κ1) is 9.25. The van der Waals surface area contributed by atoms with Crippen molar-refractivity contribution >= 4 is 5.97 Å². The Balaban J connectivity index is 2.24. The fourth-order valence-corrected chi connectivity index (χ4v) is 0.961. The number of rotatable bonds is 3. The van der Waals surface area contributed by atoms with Gasteiger partial charge in [0.05, 0.1) is 0 Å². The van der Waals surface area contributed by atoms with Crippen LogP contribution < -0.4 is 0 Å². The van der Waals surface area contributed by atoms with E-state index in [0.29, 0.717) is 5.82 Å². The molecule has 15 heavy (non-hydrogen) atoms. The van der Waals surface area contributed by atoms with Crippen molar-refractivity contribution in [1.82, 2.24) is 20.1 Å². The van der Waals surface area contributed by atoms with E-state index in [1.807, 2.05) is 0 Å². The van der Waals surface area contributed by atoms with E-state index in [0.717, 1.165) is 0 Å². The van der Waals surface area contributed by atoms with Crippen LogP contribution in [0.4, 0.5) is 0 Å². The predicted molar refractivity (Wildman–Crippen MR) is 46.7 cm³/mol. The van der Waals surface area contributed by atoms with E-state index in [9.17, 15) is 4.79 Å². The summed E-state index contributed by atoms with van der Waals surface area (Å²) in [5, 5.41) is 12.1. The fourth-order valence-electron chi connectivity index (χ4n) is 0.961. The highest BCUT2D eigenvalue weighted by atomic mass is 16.5. The van der Waals surface area contributed by atoms with Crippen LogP contribution in [0.3, 0.4) is 0 Å². The van der Waals surface area contributed by atoms with Crippen LogP contribution in [0.25, 0.3) is 11.6 Å². The summed E-state index contributed by atoms with van der Waals surface area (Å²) >= 11 is 0. The highest BCUT2D eigenvalue weighted by molar-refractivity contribution is 5.68. The average Bonchev–Trinajstić information content (AvgIpc) is 2.67. The number of aromatic nitrogens is 4. The minimum atomic E-state index is -1.03. The molecule has 0 saturated heterocycles. The van der Waals surface area contributed by atoms with Crippen LogP contribution in [0.15, 0.2) is 23.0 Å². The van der Waals surface area contributed by atoms with Crippen LogP contribution in [0.2, 0.25) is 0 Å². The Morgan fingerprint density at radius 1 is 1.33 bits per heavy atom. The number of carboxylic acid groups (broad SMARTS) is 1. The van der Waals surface area contributed by atoms with Gasteiger partial charge in [0.25, 0.3) is 0 Å². The van der Waals surface area contributed by atoms with E-state index in [1.54, 1.807) is 6.07 Å². The Kier molecular flexibility index (Phi) is 2.36. The van der Waals surface area contributed by atoms with Crippen LogP contribution in [0.5, 0.6) is 0 Å². The second-order valence-corrected chi connectivity index (χ2v) is 2.65. The van der Waals surface area contributed by atoms with Crippen molar-refractivity contribution in [2.24, 2.45) is 0 Å². The molecule has 0 amide bonds. The van der Waals surface area contributed by atoms with E-state index in [-0.39, 0.29) is 18.1 Å². The van der Waals surface area contributed by atoms with Crippen LogP contribution in [-0.4, -0.2) is 31.2 Å². The molecule has 0 fully saturated rings. The van der Waals surface area contributed by atoms with Gasteiger partial charge in [-0.15, -0.1) is 0 Å². The summed E-state index contributed by atoms with van der Waals surface area (Å²) in [7, 11) is 0. The lowest BCUT2D eigenvalue weighted by Gasteiger charge is -1.88. The van der Waals surface area contributed by atoms with Gasteiger partial charge in [-0.3, -0.25) is 4.79 Å². The number of nitrogens with zero attached hydrogens (tertiary/aromatic N) is 4. The Morgan fingerprint density at radius 3 is 2.73 bits per heavy atom. The zero-order valence-corrected chi connectivity index (χ0v) is 7.49. The molecule has 2 heterocycles. The van der Waals surface area contributed by atoms with Gasteiger partial charge in [0.1, 0.15) is 6.42 Å². The van der Waals surface area contributed by atoms with Gasteiger partial charge in [0.2, 0.25) is 17.5 Å². The SMILES string of the molecule is O=C(O)Cc1nc(-c2ncccn2)no1. The minimum Gasteiger partial charge on any atom is -0.481 e. The van der Waals surface area contributed by atoms with Crippen LogP contribution in [0.1, 0.15) is 5.89 Å². The van der Waals surface area contributed by atoms with E-state index in [4.69, 9.17) is 9.63 Å². The molecule has 0 unspecified atom stereocenters. The molecular weight excluding hydrogens is 200 g/mol. The predicted octanol–water partition coefficient (Wildman–Crippen LogP) is 0.154. The number of aliphatic carboxylic acids is 1. The molecule has 0 bridgehead atoms.